The summed E-state index contributed by atoms with van der Waals surface area (Å²) in [5, 5.41) is 0.822. The zero-order valence-electron chi connectivity index (χ0n) is 14.9. The minimum absolute atomic E-state index is 0.207. The summed E-state index contributed by atoms with van der Waals surface area (Å²) in [4.78, 5) is 17.7. The monoisotopic (exact) mass is 444 g/mol. The van der Waals surface area contributed by atoms with Crippen molar-refractivity contribution in [3.05, 3.63) is 57.5 Å². The number of carbonyl (C=O) groups excluding carboxylic acids is 1. The SMILES string of the molecule is CCOc1cccc2cc(C(=O)N=c3sc4cc(Br)ccc4n3CC)oc12. The summed E-state index contributed by atoms with van der Waals surface area (Å²) >= 11 is 4.97. The van der Waals surface area contributed by atoms with E-state index in [0.29, 0.717) is 22.7 Å². The number of thiazole rings is 1. The Morgan fingerprint density at radius 1 is 1.26 bits per heavy atom. The van der Waals surface area contributed by atoms with Crippen LogP contribution in [0.3, 0.4) is 0 Å². The minimum atomic E-state index is -0.401. The second-order valence-corrected chi connectivity index (χ2v) is 7.80. The first-order chi connectivity index (χ1) is 13.1. The molecule has 0 bridgehead atoms. The maximum atomic E-state index is 12.7. The lowest BCUT2D eigenvalue weighted by atomic mass is 10.2. The Morgan fingerprint density at radius 3 is 2.89 bits per heavy atom. The van der Waals surface area contributed by atoms with Gasteiger partial charge in [0.05, 0.1) is 16.8 Å². The van der Waals surface area contributed by atoms with Gasteiger partial charge in [-0.3, -0.25) is 4.79 Å². The summed E-state index contributed by atoms with van der Waals surface area (Å²) < 4.78 is 15.4. The number of ether oxygens (including phenoxy) is 1. The highest BCUT2D eigenvalue weighted by Gasteiger charge is 2.15. The summed E-state index contributed by atoms with van der Waals surface area (Å²) in [5.41, 5.74) is 1.63. The Hall–Kier alpha value is -2.38. The lowest BCUT2D eigenvalue weighted by molar-refractivity contribution is 0.0973. The number of nitrogens with zero attached hydrogens (tertiary/aromatic N) is 2. The molecule has 4 aromatic rings. The molecule has 0 saturated carbocycles. The van der Waals surface area contributed by atoms with Gasteiger partial charge in [0.25, 0.3) is 0 Å². The zero-order valence-corrected chi connectivity index (χ0v) is 17.3. The van der Waals surface area contributed by atoms with Crippen molar-refractivity contribution in [2.45, 2.75) is 20.4 Å². The molecular formula is C20H17BrN2O3S. The number of hydrogen-bond donors (Lipinski definition) is 0. The van der Waals surface area contributed by atoms with Crippen LogP contribution < -0.4 is 9.54 Å². The lowest BCUT2D eigenvalue weighted by Crippen LogP contribution is -2.15. The number of halogens is 1. The molecule has 0 unspecified atom stereocenters. The first kappa shape index (κ1) is 18.0. The molecule has 138 valence electrons. The van der Waals surface area contributed by atoms with E-state index in [-0.39, 0.29) is 5.76 Å². The molecular weight excluding hydrogens is 428 g/mol. The molecule has 2 aromatic carbocycles. The molecule has 0 aliphatic carbocycles. The summed E-state index contributed by atoms with van der Waals surface area (Å²) in [5.74, 6) is 0.435. The number of aryl methyl sites for hydroxylation is 1. The van der Waals surface area contributed by atoms with Crippen LogP contribution in [0.1, 0.15) is 24.4 Å². The molecule has 1 amide bonds. The van der Waals surface area contributed by atoms with Gasteiger partial charge < -0.3 is 13.7 Å². The second-order valence-electron chi connectivity index (χ2n) is 5.88. The van der Waals surface area contributed by atoms with Crippen molar-refractivity contribution in [3.63, 3.8) is 0 Å². The van der Waals surface area contributed by atoms with Gasteiger partial charge in [-0.2, -0.15) is 4.99 Å². The summed E-state index contributed by atoms with van der Waals surface area (Å²) in [7, 11) is 0. The van der Waals surface area contributed by atoms with E-state index in [0.717, 1.165) is 26.6 Å². The van der Waals surface area contributed by atoms with E-state index in [1.165, 1.54) is 11.3 Å². The highest BCUT2D eigenvalue weighted by molar-refractivity contribution is 9.10. The highest BCUT2D eigenvalue weighted by Crippen LogP contribution is 2.29. The standard InChI is InChI=1S/C20H17BrN2O3S/c1-3-23-14-9-8-13(21)11-17(14)27-20(23)22-19(24)16-10-12-6-5-7-15(25-4-2)18(12)26-16/h5-11H,3-4H2,1-2H3. The van der Waals surface area contributed by atoms with Gasteiger partial charge >= 0.3 is 5.91 Å². The first-order valence-corrected chi connectivity index (χ1v) is 10.2. The van der Waals surface area contributed by atoms with Gasteiger partial charge in [-0.1, -0.05) is 39.4 Å². The van der Waals surface area contributed by atoms with Crippen LogP contribution in [-0.2, 0) is 6.54 Å². The van der Waals surface area contributed by atoms with E-state index in [1.54, 1.807) is 6.07 Å². The number of fused-ring (bicyclic) bond motifs is 2. The van der Waals surface area contributed by atoms with Crippen molar-refractivity contribution in [3.8, 4) is 5.75 Å². The van der Waals surface area contributed by atoms with Gasteiger partial charge in [-0.05, 0) is 44.2 Å². The smallest absolute Gasteiger partial charge is 0.315 e. The quantitative estimate of drug-likeness (QED) is 0.424. The van der Waals surface area contributed by atoms with Crippen LogP contribution in [0.4, 0.5) is 0 Å². The van der Waals surface area contributed by atoms with Gasteiger partial charge in [-0.15, -0.1) is 0 Å². The van der Waals surface area contributed by atoms with E-state index in [1.807, 2.05) is 54.8 Å². The third-order valence-electron chi connectivity index (χ3n) is 4.18. The van der Waals surface area contributed by atoms with Crippen LogP contribution in [0.25, 0.3) is 21.2 Å². The third-order valence-corrected chi connectivity index (χ3v) is 5.71. The molecule has 0 atom stereocenters. The molecule has 4 rings (SSSR count). The van der Waals surface area contributed by atoms with Gasteiger partial charge in [0, 0.05) is 16.4 Å². The maximum absolute atomic E-state index is 12.7. The van der Waals surface area contributed by atoms with Crippen LogP contribution in [-0.4, -0.2) is 17.1 Å². The number of para-hydroxylation sites is 1. The van der Waals surface area contributed by atoms with Crippen LogP contribution in [0.2, 0.25) is 0 Å². The molecule has 5 nitrogen and oxygen atoms in total. The van der Waals surface area contributed by atoms with Crippen molar-refractivity contribution >= 4 is 54.4 Å². The van der Waals surface area contributed by atoms with Crippen molar-refractivity contribution < 1.29 is 13.9 Å². The number of hydrogen-bond acceptors (Lipinski definition) is 4. The van der Waals surface area contributed by atoms with E-state index >= 15 is 0 Å². The Morgan fingerprint density at radius 2 is 2.11 bits per heavy atom. The number of amides is 1. The summed E-state index contributed by atoms with van der Waals surface area (Å²) in [6.07, 6.45) is 0. The predicted molar refractivity (Wildman–Crippen MR) is 110 cm³/mol. The lowest BCUT2D eigenvalue weighted by Gasteiger charge is -2.02. The van der Waals surface area contributed by atoms with Crippen molar-refractivity contribution in [1.82, 2.24) is 4.57 Å². The van der Waals surface area contributed by atoms with Crippen molar-refractivity contribution in [2.24, 2.45) is 4.99 Å². The predicted octanol–water partition coefficient (Wildman–Crippen LogP) is 5.37. The van der Waals surface area contributed by atoms with Crippen LogP contribution in [0.15, 0.2) is 56.3 Å². The molecule has 0 spiro atoms. The molecule has 0 N–H and O–H groups in total. The highest BCUT2D eigenvalue weighted by atomic mass is 79.9. The molecule has 27 heavy (non-hydrogen) atoms. The Kier molecular flexibility index (Phi) is 4.88. The zero-order chi connectivity index (χ0) is 19.0. The maximum Gasteiger partial charge on any atom is 0.315 e. The number of rotatable bonds is 4. The number of aromatic nitrogens is 1. The van der Waals surface area contributed by atoms with E-state index < -0.39 is 5.91 Å². The summed E-state index contributed by atoms with van der Waals surface area (Å²) in [6.45, 7) is 5.20. The molecule has 0 aliphatic heterocycles. The largest absolute Gasteiger partial charge is 0.490 e. The van der Waals surface area contributed by atoms with Gasteiger partial charge in [0.1, 0.15) is 0 Å². The summed E-state index contributed by atoms with van der Waals surface area (Å²) in [6, 6.07) is 13.4. The fourth-order valence-corrected chi connectivity index (χ4v) is 4.64. The Labute approximate surface area is 168 Å². The molecule has 0 fully saturated rings. The van der Waals surface area contributed by atoms with Crippen LogP contribution in [0.5, 0.6) is 5.75 Å². The average Bonchev–Trinajstić information content (AvgIpc) is 3.23. The van der Waals surface area contributed by atoms with Crippen LogP contribution >= 0.6 is 27.3 Å². The Bertz CT molecular complexity index is 1220. The second kappa shape index (κ2) is 7.32. The molecule has 0 aliphatic rings. The Balaban J connectivity index is 1.81. The molecule has 0 saturated heterocycles. The topological polar surface area (TPSA) is 56.7 Å². The molecule has 7 heteroatoms. The fraction of sp³-hybridized carbons (Fsp3) is 0.200. The van der Waals surface area contributed by atoms with Gasteiger partial charge in [-0.25, -0.2) is 0 Å². The molecule has 0 radical (unpaired) electrons. The molecule has 2 heterocycles. The van der Waals surface area contributed by atoms with Gasteiger partial charge in [0.2, 0.25) is 0 Å². The normalized spacial score (nSPS) is 12.2. The average molecular weight is 445 g/mol. The first-order valence-electron chi connectivity index (χ1n) is 8.64. The van der Waals surface area contributed by atoms with E-state index in [4.69, 9.17) is 9.15 Å². The van der Waals surface area contributed by atoms with E-state index in [2.05, 4.69) is 20.9 Å². The minimum Gasteiger partial charge on any atom is -0.490 e. The van der Waals surface area contributed by atoms with Crippen molar-refractivity contribution in [2.75, 3.05) is 6.61 Å². The fourth-order valence-electron chi connectivity index (χ4n) is 2.99. The van der Waals surface area contributed by atoms with Crippen LogP contribution in [0, 0.1) is 0 Å². The number of benzene rings is 2. The third kappa shape index (κ3) is 3.33. The van der Waals surface area contributed by atoms with Gasteiger partial charge in [0.15, 0.2) is 21.9 Å². The number of furan rings is 1. The van der Waals surface area contributed by atoms with E-state index in [9.17, 15) is 4.79 Å². The number of carbonyl (C=O) groups is 1. The van der Waals surface area contributed by atoms with Crippen molar-refractivity contribution in [1.29, 1.82) is 0 Å². The molecule has 2 aromatic heterocycles.